The third kappa shape index (κ3) is 7.68. The Bertz CT molecular complexity index is 1500. The van der Waals surface area contributed by atoms with Gasteiger partial charge in [0.15, 0.2) is 0 Å². The first-order valence-corrected chi connectivity index (χ1v) is 13.1. The topological polar surface area (TPSA) is 41.5 Å². The predicted molar refractivity (Wildman–Crippen MR) is 145 cm³/mol. The SMILES string of the molecule is CC(C)c1cccc(Oc2cccc(C(NCC(O)c3ccc(C(F)(F)F)cc3)c3cc(C(F)(F)F)ccc3F)c2)c1. The molecule has 2 atom stereocenters. The Morgan fingerprint density at radius 3 is 1.81 bits per heavy atom. The second-order valence-corrected chi connectivity index (χ2v) is 10.1. The number of hydrogen-bond donors (Lipinski definition) is 2. The van der Waals surface area contributed by atoms with Gasteiger partial charge in [0.05, 0.1) is 23.3 Å². The highest BCUT2D eigenvalue weighted by Crippen LogP contribution is 2.36. The maximum Gasteiger partial charge on any atom is 0.416 e. The van der Waals surface area contributed by atoms with Crippen molar-refractivity contribution in [2.45, 2.75) is 44.3 Å². The number of benzene rings is 4. The van der Waals surface area contributed by atoms with Gasteiger partial charge in [0, 0.05) is 12.1 Å². The maximum absolute atomic E-state index is 15.1. The highest BCUT2D eigenvalue weighted by molar-refractivity contribution is 5.42. The predicted octanol–water partition coefficient (Wildman–Crippen LogP) is 9.19. The molecule has 10 heteroatoms. The highest BCUT2D eigenvalue weighted by Gasteiger charge is 2.33. The van der Waals surface area contributed by atoms with Crippen molar-refractivity contribution < 1.29 is 40.6 Å². The van der Waals surface area contributed by atoms with Gasteiger partial charge in [0.1, 0.15) is 17.3 Å². The van der Waals surface area contributed by atoms with E-state index in [4.69, 9.17) is 4.74 Å². The highest BCUT2D eigenvalue weighted by atomic mass is 19.4. The van der Waals surface area contributed by atoms with Crippen molar-refractivity contribution in [3.05, 3.63) is 130 Å². The monoisotopic (exact) mass is 591 g/mol. The zero-order valence-corrected chi connectivity index (χ0v) is 22.6. The quantitative estimate of drug-likeness (QED) is 0.191. The summed E-state index contributed by atoms with van der Waals surface area (Å²) in [6.07, 6.45) is -10.6. The number of aliphatic hydroxyl groups excluding tert-OH is 1. The largest absolute Gasteiger partial charge is 0.457 e. The summed E-state index contributed by atoms with van der Waals surface area (Å²) in [6, 6.07) is 18.5. The van der Waals surface area contributed by atoms with E-state index in [2.05, 4.69) is 5.32 Å². The smallest absolute Gasteiger partial charge is 0.416 e. The van der Waals surface area contributed by atoms with Crippen molar-refractivity contribution in [2.75, 3.05) is 6.54 Å². The summed E-state index contributed by atoms with van der Waals surface area (Å²) < 4.78 is 100. The third-order valence-corrected chi connectivity index (χ3v) is 6.72. The van der Waals surface area contributed by atoms with Crippen LogP contribution < -0.4 is 10.1 Å². The summed E-state index contributed by atoms with van der Waals surface area (Å²) in [6.45, 7) is 3.74. The molecule has 4 aromatic carbocycles. The fraction of sp³-hybridized carbons (Fsp3) is 0.250. The number of aliphatic hydroxyl groups is 1. The van der Waals surface area contributed by atoms with Crippen LogP contribution in [-0.4, -0.2) is 11.7 Å². The molecule has 0 radical (unpaired) electrons. The minimum absolute atomic E-state index is 0.140. The summed E-state index contributed by atoms with van der Waals surface area (Å²) in [5.74, 6) is 0.204. The Morgan fingerprint density at radius 2 is 1.24 bits per heavy atom. The van der Waals surface area contributed by atoms with Crippen molar-refractivity contribution in [3.63, 3.8) is 0 Å². The van der Waals surface area contributed by atoms with Gasteiger partial charge in [-0.2, -0.15) is 26.3 Å². The molecular weight excluding hydrogens is 563 g/mol. The first kappa shape index (κ1) is 31.1. The van der Waals surface area contributed by atoms with Crippen molar-refractivity contribution in [3.8, 4) is 11.5 Å². The zero-order chi connectivity index (χ0) is 30.7. The molecule has 0 aliphatic carbocycles. The number of halogens is 7. The molecule has 2 N–H and O–H groups in total. The molecule has 0 saturated carbocycles. The van der Waals surface area contributed by atoms with Crippen LogP contribution in [0.2, 0.25) is 0 Å². The second-order valence-electron chi connectivity index (χ2n) is 10.1. The maximum atomic E-state index is 15.1. The fourth-order valence-corrected chi connectivity index (χ4v) is 4.42. The van der Waals surface area contributed by atoms with E-state index in [1.54, 1.807) is 30.3 Å². The Morgan fingerprint density at radius 1 is 0.690 bits per heavy atom. The Kier molecular flexibility index (Phi) is 9.27. The van der Waals surface area contributed by atoms with E-state index in [0.717, 1.165) is 35.9 Å². The summed E-state index contributed by atoms with van der Waals surface area (Å²) >= 11 is 0. The van der Waals surface area contributed by atoms with Gasteiger partial charge in [-0.25, -0.2) is 4.39 Å². The Hall–Kier alpha value is -3.89. The van der Waals surface area contributed by atoms with Crippen LogP contribution >= 0.6 is 0 Å². The molecular formula is C32H28F7NO2. The van der Waals surface area contributed by atoms with Crippen molar-refractivity contribution in [2.24, 2.45) is 0 Å². The number of alkyl halides is 6. The van der Waals surface area contributed by atoms with Gasteiger partial charge in [0.25, 0.3) is 0 Å². The van der Waals surface area contributed by atoms with Gasteiger partial charge in [-0.05, 0) is 77.2 Å². The minimum atomic E-state index is -4.74. The van der Waals surface area contributed by atoms with Gasteiger partial charge in [-0.1, -0.05) is 50.2 Å². The molecule has 0 saturated heterocycles. The average Bonchev–Trinajstić information content (AvgIpc) is 2.93. The molecule has 3 nitrogen and oxygen atoms in total. The van der Waals surface area contributed by atoms with Crippen LogP contribution in [-0.2, 0) is 12.4 Å². The summed E-state index contributed by atoms with van der Waals surface area (Å²) in [5.41, 5.74) is -0.779. The lowest BCUT2D eigenvalue weighted by atomic mass is 9.95. The van der Waals surface area contributed by atoms with E-state index in [1.165, 1.54) is 0 Å². The van der Waals surface area contributed by atoms with Crippen LogP contribution in [0.5, 0.6) is 11.5 Å². The number of rotatable bonds is 9. The third-order valence-electron chi connectivity index (χ3n) is 6.72. The first-order valence-electron chi connectivity index (χ1n) is 13.1. The molecule has 0 heterocycles. The van der Waals surface area contributed by atoms with Crippen molar-refractivity contribution in [1.82, 2.24) is 5.32 Å². The van der Waals surface area contributed by atoms with E-state index in [0.29, 0.717) is 29.2 Å². The molecule has 2 unspecified atom stereocenters. The van der Waals surface area contributed by atoms with E-state index in [1.807, 2.05) is 32.0 Å². The van der Waals surface area contributed by atoms with Crippen LogP contribution in [0.1, 0.15) is 65.3 Å². The average molecular weight is 592 g/mol. The minimum Gasteiger partial charge on any atom is -0.457 e. The van der Waals surface area contributed by atoms with Crippen molar-refractivity contribution in [1.29, 1.82) is 0 Å². The number of hydrogen-bond acceptors (Lipinski definition) is 3. The normalized spacial score (nSPS) is 13.7. The Balaban J connectivity index is 1.66. The number of nitrogens with one attached hydrogen (secondary N) is 1. The van der Waals surface area contributed by atoms with Crippen LogP contribution in [0, 0.1) is 5.82 Å². The lowest BCUT2D eigenvalue weighted by Gasteiger charge is -2.24. The van der Waals surface area contributed by atoms with Crippen LogP contribution in [0.25, 0.3) is 0 Å². The van der Waals surface area contributed by atoms with Gasteiger partial charge < -0.3 is 15.2 Å². The molecule has 0 amide bonds. The standard InChI is InChI=1S/C32H28F7NO2/c1-19(2)21-5-3-7-25(15-21)42-26-8-4-6-22(16-26)30(27-17-24(32(37,38)39)13-14-28(27)33)40-18-29(41)20-9-11-23(12-10-20)31(34,35)36/h3-17,19,29-30,40-41H,18H2,1-2H3. The molecule has 0 aromatic heterocycles. The second kappa shape index (κ2) is 12.5. The van der Waals surface area contributed by atoms with Crippen LogP contribution in [0.4, 0.5) is 30.7 Å². The van der Waals surface area contributed by atoms with Crippen LogP contribution in [0.15, 0.2) is 91.0 Å². The number of ether oxygens (including phenoxy) is 1. The van der Waals surface area contributed by atoms with Crippen LogP contribution in [0.3, 0.4) is 0 Å². The zero-order valence-electron chi connectivity index (χ0n) is 22.6. The molecule has 0 aliphatic rings. The molecule has 0 aliphatic heterocycles. The summed E-state index contributed by atoms with van der Waals surface area (Å²) in [7, 11) is 0. The fourth-order valence-electron chi connectivity index (χ4n) is 4.42. The molecule has 0 bridgehead atoms. The molecule has 0 spiro atoms. The lowest BCUT2D eigenvalue weighted by Crippen LogP contribution is -2.28. The molecule has 4 aromatic rings. The molecule has 222 valence electrons. The summed E-state index contributed by atoms with van der Waals surface area (Å²) in [4.78, 5) is 0. The van der Waals surface area contributed by atoms with E-state index in [9.17, 15) is 31.4 Å². The lowest BCUT2D eigenvalue weighted by molar-refractivity contribution is -0.138. The van der Waals surface area contributed by atoms with E-state index < -0.39 is 41.4 Å². The van der Waals surface area contributed by atoms with E-state index >= 15 is 4.39 Å². The van der Waals surface area contributed by atoms with Gasteiger partial charge in [-0.3, -0.25) is 0 Å². The van der Waals surface area contributed by atoms with Gasteiger partial charge in [0.2, 0.25) is 0 Å². The van der Waals surface area contributed by atoms with Gasteiger partial charge in [-0.15, -0.1) is 0 Å². The molecule has 0 fully saturated rings. The summed E-state index contributed by atoms with van der Waals surface area (Å²) in [5, 5.41) is 13.6. The molecule has 42 heavy (non-hydrogen) atoms. The van der Waals surface area contributed by atoms with E-state index in [-0.39, 0.29) is 23.6 Å². The first-order chi connectivity index (χ1) is 19.7. The van der Waals surface area contributed by atoms with Crippen molar-refractivity contribution >= 4 is 0 Å². The van der Waals surface area contributed by atoms with Gasteiger partial charge >= 0.3 is 12.4 Å². The Labute approximate surface area is 238 Å². The molecule has 4 rings (SSSR count).